The van der Waals surface area contributed by atoms with Gasteiger partial charge in [-0.3, -0.25) is 0 Å². The van der Waals surface area contributed by atoms with E-state index in [9.17, 15) is 0 Å². The summed E-state index contributed by atoms with van der Waals surface area (Å²) in [7, 11) is 0. The van der Waals surface area contributed by atoms with Crippen LogP contribution >= 0.6 is 22.9 Å². The van der Waals surface area contributed by atoms with Crippen LogP contribution in [0.3, 0.4) is 0 Å². The second-order valence-corrected chi connectivity index (χ2v) is 4.35. The molecule has 3 heteroatoms. The van der Waals surface area contributed by atoms with Gasteiger partial charge in [-0.1, -0.05) is 6.92 Å². The topological polar surface area (TPSA) is 6.48 Å². The number of likely N-dealkylation sites (N-methyl/N-ethyl adjacent to an activating group) is 1. The Hall–Kier alpha value is 0.650. The molecule has 2 bridgehead atoms. The van der Waals surface area contributed by atoms with Crippen molar-refractivity contribution >= 4 is 22.9 Å². The Morgan fingerprint density at radius 3 is 2.40 bits per heavy atom. The van der Waals surface area contributed by atoms with Gasteiger partial charge < -0.3 is 4.90 Å². The third-order valence-electron chi connectivity index (χ3n) is 2.63. The fraction of sp³-hybridized carbons (Fsp3) is 1.00. The highest BCUT2D eigenvalue weighted by Crippen LogP contribution is 2.34. The molecule has 0 aromatic carbocycles. The van der Waals surface area contributed by atoms with E-state index < -0.39 is 0 Å². The Balaban J connectivity index is 1.93. The molecule has 10 heavy (non-hydrogen) atoms. The Morgan fingerprint density at radius 1 is 1.40 bits per heavy atom. The van der Waals surface area contributed by atoms with Crippen LogP contribution in [0.2, 0.25) is 0 Å². The first-order valence-electron chi connectivity index (χ1n) is 3.97. The van der Waals surface area contributed by atoms with Gasteiger partial charge in [-0.15, -0.1) is 0 Å². The van der Waals surface area contributed by atoms with Crippen LogP contribution in [0.1, 0.15) is 13.3 Å². The second-order valence-electron chi connectivity index (χ2n) is 3.24. The lowest BCUT2D eigenvalue weighted by Crippen LogP contribution is -2.64. The van der Waals surface area contributed by atoms with Crippen LogP contribution in [0.25, 0.3) is 0 Å². The SMILES string of the molecule is CCN1CC2CC(C1)N2I. The molecule has 3 rings (SSSR count). The third-order valence-corrected chi connectivity index (χ3v) is 4.20. The van der Waals surface area contributed by atoms with Crippen molar-refractivity contribution in [3.8, 4) is 0 Å². The van der Waals surface area contributed by atoms with Crippen molar-refractivity contribution in [3.05, 3.63) is 0 Å². The van der Waals surface area contributed by atoms with E-state index in [0.717, 1.165) is 12.1 Å². The van der Waals surface area contributed by atoms with E-state index in [2.05, 4.69) is 37.8 Å². The van der Waals surface area contributed by atoms with Crippen molar-refractivity contribution in [2.45, 2.75) is 25.4 Å². The number of piperazine rings is 1. The minimum Gasteiger partial charge on any atom is -0.300 e. The minimum atomic E-state index is 0.874. The molecule has 0 N–H and O–H groups in total. The molecule has 0 aromatic heterocycles. The molecular formula is C7H13IN2. The molecule has 3 heterocycles. The Bertz CT molecular complexity index is 128. The number of nitrogens with zero attached hydrogens (tertiary/aromatic N) is 2. The van der Waals surface area contributed by atoms with E-state index >= 15 is 0 Å². The quantitative estimate of drug-likeness (QED) is 0.509. The molecule has 3 saturated heterocycles. The highest BCUT2D eigenvalue weighted by molar-refractivity contribution is 14.1. The molecular weight excluding hydrogens is 239 g/mol. The summed E-state index contributed by atoms with van der Waals surface area (Å²) in [5.74, 6) is 0. The lowest BCUT2D eigenvalue weighted by Gasteiger charge is -2.53. The van der Waals surface area contributed by atoms with Gasteiger partial charge in [0.2, 0.25) is 0 Å². The molecule has 0 spiro atoms. The van der Waals surface area contributed by atoms with Crippen LogP contribution < -0.4 is 0 Å². The molecule has 0 aliphatic carbocycles. The first kappa shape index (κ1) is 7.31. The molecule has 0 amide bonds. The van der Waals surface area contributed by atoms with Gasteiger partial charge in [0, 0.05) is 48.0 Å². The molecule has 2 atom stereocenters. The Morgan fingerprint density at radius 2 is 2.00 bits per heavy atom. The molecule has 3 aliphatic rings. The number of piperidine rings is 1. The molecule has 0 radical (unpaired) electrons. The van der Waals surface area contributed by atoms with Crippen molar-refractivity contribution in [2.24, 2.45) is 0 Å². The highest BCUT2D eigenvalue weighted by atomic mass is 127. The van der Waals surface area contributed by atoms with Gasteiger partial charge in [0.15, 0.2) is 0 Å². The summed E-state index contributed by atoms with van der Waals surface area (Å²) in [4.78, 5) is 2.55. The molecule has 3 aliphatic heterocycles. The number of hydrogen-bond acceptors (Lipinski definition) is 2. The van der Waals surface area contributed by atoms with Crippen molar-refractivity contribution in [1.29, 1.82) is 0 Å². The monoisotopic (exact) mass is 252 g/mol. The third kappa shape index (κ3) is 0.987. The zero-order chi connectivity index (χ0) is 7.14. The number of fused-ring (bicyclic) bond motifs is 2. The van der Waals surface area contributed by atoms with Crippen molar-refractivity contribution in [3.63, 3.8) is 0 Å². The maximum atomic E-state index is 2.55. The molecule has 58 valence electrons. The largest absolute Gasteiger partial charge is 0.300 e. The fourth-order valence-electron chi connectivity index (χ4n) is 1.91. The Labute approximate surface area is 76.1 Å². The summed E-state index contributed by atoms with van der Waals surface area (Å²) in [5.41, 5.74) is 0. The van der Waals surface area contributed by atoms with Gasteiger partial charge in [-0.2, -0.15) is 0 Å². The standard InChI is InChI=1S/C7H13IN2/c1-2-9-4-6-3-7(5-9)10(6)8/h6-7H,2-5H2,1H3. The summed E-state index contributed by atoms with van der Waals surface area (Å²) < 4.78 is 2.49. The van der Waals surface area contributed by atoms with E-state index in [1.54, 1.807) is 0 Å². The summed E-state index contributed by atoms with van der Waals surface area (Å²) in [6.45, 7) is 6.09. The predicted octanol–water partition coefficient (Wildman–Crippen LogP) is 1.11. The van der Waals surface area contributed by atoms with Crippen LogP contribution in [-0.4, -0.2) is 39.7 Å². The summed E-state index contributed by atoms with van der Waals surface area (Å²) in [6, 6.07) is 1.75. The number of rotatable bonds is 1. The number of halogens is 1. The summed E-state index contributed by atoms with van der Waals surface area (Å²) in [6.07, 6.45) is 1.44. The van der Waals surface area contributed by atoms with Crippen molar-refractivity contribution in [1.82, 2.24) is 8.01 Å². The van der Waals surface area contributed by atoms with E-state index in [0.29, 0.717) is 0 Å². The first-order chi connectivity index (χ1) is 4.81. The zero-order valence-corrected chi connectivity index (χ0v) is 8.41. The highest BCUT2D eigenvalue weighted by Gasteiger charge is 2.42. The molecule has 2 unspecified atom stereocenters. The fourth-order valence-corrected chi connectivity index (χ4v) is 2.72. The van der Waals surface area contributed by atoms with Crippen LogP contribution in [0.4, 0.5) is 0 Å². The van der Waals surface area contributed by atoms with Gasteiger partial charge in [-0.25, -0.2) is 3.11 Å². The second kappa shape index (κ2) is 2.60. The predicted molar refractivity (Wildman–Crippen MR) is 50.2 cm³/mol. The van der Waals surface area contributed by atoms with Crippen LogP contribution in [-0.2, 0) is 0 Å². The van der Waals surface area contributed by atoms with Gasteiger partial charge in [-0.05, 0) is 13.0 Å². The molecule has 2 nitrogen and oxygen atoms in total. The van der Waals surface area contributed by atoms with E-state index in [4.69, 9.17) is 0 Å². The van der Waals surface area contributed by atoms with Crippen LogP contribution in [0.15, 0.2) is 0 Å². The van der Waals surface area contributed by atoms with E-state index in [1.165, 1.54) is 26.1 Å². The lowest BCUT2D eigenvalue weighted by molar-refractivity contribution is 0.0179. The first-order valence-corrected chi connectivity index (χ1v) is 4.94. The van der Waals surface area contributed by atoms with Gasteiger partial charge in [0.25, 0.3) is 0 Å². The molecule has 0 saturated carbocycles. The average Bonchev–Trinajstić information content (AvgIpc) is 2.04. The summed E-state index contributed by atoms with van der Waals surface area (Å²) in [5, 5.41) is 0. The molecule has 0 aromatic rings. The summed E-state index contributed by atoms with van der Waals surface area (Å²) >= 11 is 2.47. The van der Waals surface area contributed by atoms with Crippen LogP contribution in [0.5, 0.6) is 0 Å². The maximum absolute atomic E-state index is 2.55. The van der Waals surface area contributed by atoms with Gasteiger partial charge in [0.05, 0.1) is 0 Å². The van der Waals surface area contributed by atoms with Gasteiger partial charge >= 0.3 is 0 Å². The molecule has 3 fully saturated rings. The van der Waals surface area contributed by atoms with E-state index in [-0.39, 0.29) is 0 Å². The van der Waals surface area contributed by atoms with Crippen molar-refractivity contribution < 1.29 is 0 Å². The number of hydrogen-bond donors (Lipinski definition) is 0. The zero-order valence-electron chi connectivity index (χ0n) is 6.26. The Kier molecular flexibility index (Phi) is 1.90. The minimum absolute atomic E-state index is 0.874. The van der Waals surface area contributed by atoms with E-state index in [1.807, 2.05) is 0 Å². The smallest absolute Gasteiger partial charge is 0.0340 e. The lowest BCUT2D eigenvalue weighted by atomic mass is 9.91. The van der Waals surface area contributed by atoms with Crippen LogP contribution in [0, 0.1) is 0 Å². The van der Waals surface area contributed by atoms with Gasteiger partial charge in [0.1, 0.15) is 0 Å². The average molecular weight is 252 g/mol. The normalized spacial score (nSPS) is 41.4. The van der Waals surface area contributed by atoms with Crippen molar-refractivity contribution in [2.75, 3.05) is 19.6 Å². The maximum Gasteiger partial charge on any atom is 0.0340 e.